The molecular weight excluding hydrogens is 817 g/mol. The van der Waals surface area contributed by atoms with E-state index in [1.807, 2.05) is 45.3 Å². The lowest BCUT2D eigenvalue weighted by molar-refractivity contribution is 0.670. The number of nitrogens with zero attached hydrogens (tertiary/aromatic N) is 5. The van der Waals surface area contributed by atoms with Crippen molar-refractivity contribution < 1.29 is 0 Å². The molecule has 0 saturated heterocycles. The highest BCUT2D eigenvalue weighted by molar-refractivity contribution is 7.20. The summed E-state index contributed by atoms with van der Waals surface area (Å²) in [6.45, 7) is 9.12. The lowest BCUT2D eigenvalue weighted by atomic mass is 10.1. The molecule has 2 aliphatic heterocycles. The van der Waals surface area contributed by atoms with E-state index in [0.717, 1.165) is 101 Å². The minimum atomic E-state index is -0.369. The van der Waals surface area contributed by atoms with Crippen molar-refractivity contribution in [2.45, 2.75) is 162 Å². The van der Waals surface area contributed by atoms with Gasteiger partial charge >= 0.3 is 0 Å². The second-order valence-electron chi connectivity index (χ2n) is 16.9. The molecule has 7 aromatic heterocycles. The minimum Gasteiger partial charge on any atom is -0.323 e. The average molecular weight is 877 g/mol. The summed E-state index contributed by atoms with van der Waals surface area (Å²) in [6, 6.07) is 9.45. The molecule has 12 heteroatoms. The Labute approximate surface area is 369 Å². The fraction of sp³-hybridized carbons (Fsp3) is 0.521. The van der Waals surface area contributed by atoms with Crippen molar-refractivity contribution in [3.63, 3.8) is 0 Å². The van der Waals surface area contributed by atoms with Crippen molar-refractivity contribution in [2.75, 3.05) is 0 Å². The highest BCUT2D eigenvalue weighted by atomic mass is 32.1. The van der Waals surface area contributed by atoms with Crippen LogP contribution in [0.4, 0.5) is 11.6 Å². The van der Waals surface area contributed by atoms with Crippen LogP contribution < -0.4 is 22.0 Å². The largest absolute Gasteiger partial charge is 0.323 e. The Morgan fingerprint density at radius 2 is 0.917 bits per heavy atom. The van der Waals surface area contributed by atoms with Gasteiger partial charge in [-0.05, 0) is 75.6 Å². The zero-order valence-corrected chi connectivity index (χ0v) is 39.2. The van der Waals surface area contributed by atoms with Crippen LogP contribution in [-0.2, 0) is 25.7 Å². The van der Waals surface area contributed by atoms with Crippen molar-refractivity contribution >= 4 is 93.1 Å². The lowest BCUT2D eigenvalue weighted by Crippen LogP contribution is -2.13. The lowest BCUT2D eigenvalue weighted by Gasteiger charge is -2.00. The third kappa shape index (κ3) is 8.81. The molecule has 0 amide bonds. The van der Waals surface area contributed by atoms with E-state index in [-0.39, 0.29) is 6.17 Å². The van der Waals surface area contributed by atoms with E-state index < -0.39 is 0 Å². The molecule has 1 atom stereocenters. The van der Waals surface area contributed by atoms with Gasteiger partial charge in [0.15, 0.2) is 28.8 Å². The maximum Gasteiger partial charge on any atom is 0.179 e. The first-order valence-corrected chi connectivity index (χ1v) is 26.3. The van der Waals surface area contributed by atoms with Crippen molar-refractivity contribution in [1.29, 1.82) is 0 Å². The number of aliphatic imine (C=N–C) groups is 1. The van der Waals surface area contributed by atoms with Gasteiger partial charge in [0.2, 0.25) is 0 Å². The van der Waals surface area contributed by atoms with Crippen LogP contribution in [0.5, 0.6) is 0 Å². The molecule has 60 heavy (non-hydrogen) atoms. The predicted octanol–water partition coefficient (Wildman–Crippen LogP) is 13.5. The van der Waals surface area contributed by atoms with Crippen molar-refractivity contribution in [3.8, 4) is 0 Å². The molecular formula is C48H60N8S4. The maximum atomic E-state index is 5.48. The van der Waals surface area contributed by atoms with Gasteiger partial charge in [-0.1, -0.05) is 105 Å². The van der Waals surface area contributed by atoms with E-state index >= 15 is 0 Å². The van der Waals surface area contributed by atoms with Crippen molar-refractivity contribution in [1.82, 2.24) is 15.0 Å². The summed E-state index contributed by atoms with van der Waals surface area (Å²) in [5.41, 5.74) is 4.52. The summed E-state index contributed by atoms with van der Waals surface area (Å²) in [7, 11) is 0. The Morgan fingerprint density at radius 1 is 0.433 bits per heavy atom. The van der Waals surface area contributed by atoms with E-state index in [9.17, 15) is 0 Å². The molecule has 9 rings (SSSR count). The molecule has 2 aliphatic rings. The molecule has 8 nitrogen and oxygen atoms in total. The number of hydrogen-bond donors (Lipinski definition) is 3. The highest BCUT2D eigenvalue weighted by Crippen LogP contribution is 2.41. The van der Waals surface area contributed by atoms with Gasteiger partial charge in [0.1, 0.15) is 16.8 Å². The maximum absolute atomic E-state index is 5.48. The summed E-state index contributed by atoms with van der Waals surface area (Å²) in [6.07, 6.45) is 23.9. The van der Waals surface area contributed by atoms with Crippen LogP contribution in [-0.4, -0.2) is 20.8 Å². The second-order valence-corrected chi connectivity index (χ2v) is 21.4. The van der Waals surface area contributed by atoms with Gasteiger partial charge in [0.05, 0.1) is 19.0 Å². The quantitative estimate of drug-likeness (QED) is 0.0634. The topological polar surface area (TPSA) is 109 Å². The van der Waals surface area contributed by atoms with E-state index in [2.05, 4.69) is 66.9 Å². The zero-order chi connectivity index (χ0) is 41.0. The number of aryl methyl sites for hydroxylation is 4. The third-order valence-corrected chi connectivity index (χ3v) is 16.9. The van der Waals surface area contributed by atoms with E-state index in [1.165, 1.54) is 127 Å². The number of thiophene rings is 4. The summed E-state index contributed by atoms with van der Waals surface area (Å²) >= 11 is 7.46. The van der Waals surface area contributed by atoms with Gasteiger partial charge in [0.25, 0.3) is 0 Å². The number of aromatic amines is 3. The number of hydrogen-bond acceptors (Lipinski definition) is 9. The number of aromatic nitrogens is 3. The van der Waals surface area contributed by atoms with Gasteiger partial charge in [0, 0.05) is 41.2 Å². The molecule has 316 valence electrons. The summed E-state index contributed by atoms with van der Waals surface area (Å²) in [4.78, 5) is 45.1. The molecule has 3 N–H and O–H groups in total. The first-order chi connectivity index (χ1) is 29.5. The molecule has 0 spiro atoms. The number of rotatable bonds is 20. The zero-order valence-electron chi connectivity index (χ0n) is 35.9. The van der Waals surface area contributed by atoms with Gasteiger partial charge in [-0.3, -0.25) is 0 Å². The Morgan fingerprint density at radius 3 is 1.50 bits per heavy atom. The van der Waals surface area contributed by atoms with Crippen LogP contribution in [0.2, 0.25) is 0 Å². The normalized spacial score (nSPS) is 16.5. The minimum absolute atomic E-state index is 0.369. The number of nitrogens with one attached hydrogen (secondary N) is 3. The molecule has 1 unspecified atom stereocenters. The molecule has 7 aromatic rings. The number of amidine groups is 1. The molecule has 0 radical (unpaired) electrons. The number of unbranched alkanes of at least 4 members (excludes halogenated alkanes) is 12. The fourth-order valence-electron chi connectivity index (χ4n) is 8.70. The van der Waals surface area contributed by atoms with Crippen molar-refractivity contribution in [3.05, 3.63) is 76.2 Å². The van der Waals surface area contributed by atoms with Gasteiger partial charge in [-0.2, -0.15) is 0 Å². The number of H-pyrrole nitrogens is 3. The van der Waals surface area contributed by atoms with Gasteiger partial charge in [-0.25, -0.2) is 25.0 Å². The summed E-state index contributed by atoms with van der Waals surface area (Å²) in [5.74, 6) is 2.47. The summed E-state index contributed by atoms with van der Waals surface area (Å²) in [5, 5.41) is 3.41. The van der Waals surface area contributed by atoms with Gasteiger partial charge < -0.3 is 15.0 Å². The monoisotopic (exact) mass is 876 g/mol. The molecule has 9 heterocycles. The predicted molar refractivity (Wildman–Crippen MR) is 257 cm³/mol. The van der Waals surface area contributed by atoms with Crippen molar-refractivity contribution in [2.24, 2.45) is 25.0 Å². The number of fused-ring (bicyclic) bond motifs is 19. The van der Waals surface area contributed by atoms with Crippen LogP contribution in [0.1, 0.15) is 167 Å². The molecule has 0 saturated carbocycles. The highest BCUT2D eigenvalue weighted by Gasteiger charge is 2.29. The average Bonchev–Trinajstić information content (AvgIpc) is 4.11. The fourth-order valence-corrected chi connectivity index (χ4v) is 13.3. The molecule has 0 aliphatic carbocycles. The van der Waals surface area contributed by atoms with Crippen LogP contribution in [0.25, 0.3) is 30.3 Å². The van der Waals surface area contributed by atoms with E-state index in [4.69, 9.17) is 25.0 Å². The molecule has 0 aromatic carbocycles. The second kappa shape index (κ2) is 19.1. The molecule has 8 bridgehead atoms. The smallest absolute Gasteiger partial charge is 0.179 e. The standard InChI is InChI=1S/C48H60N8S4/c1-5-9-13-17-21-29-25-33-37(57-29)45-49-41(33)53-46-38-35(27-31(58-38)23-19-15-11-7-3)43(51-46)55-48-40-36(28-32(60-40)24-20-16-12-8-4)44(52-48)56-47-39-34(42(50-47)54-45)26-30(59-39)22-18-14-10-6-2/h25-28,45,52H,5-24H2,1-4H3,(H,50,54,56)(H,49,51,53,55). The molecule has 0 fully saturated rings. The summed E-state index contributed by atoms with van der Waals surface area (Å²) < 4.78 is 3.47. The van der Waals surface area contributed by atoms with Crippen LogP contribution in [0.15, 0.2) is 49.2 Å². The van der Waals surface area contributed by atoms with Crippen LogP contribution >= 0.6 is 45.3 Å². The van der Waals surface area contributed by atoms with E-state index in [1.54, 1.807) is 0 Å². The van der Waals surface area contributed by atoms with E-state index in [0.29, 0.717) is 0 Å². The first-order valence-electron chi connectivity index (χ1n) is 23.0. The first kappa shape index (κ1) is 41.6. The Kier molecular flexibility index (Phi) is 13.3. The van der Waals surface area contributed by atoms with Gasteiger partial charge in [-0.15, -0.1) is 45.3 Å². The van der Waals surface area contributed by atoms with Crippen LogP contribution in [0, 0.1) is 0 Å². The van der Waals surface area contributed by atoms with Crippen LogP contribution in [0.3, 0.4) is 0 Å². The SMILES string of the molecule is CCCCCCc1cc2c(s1)C1N=C2N=c2[nH]/c(c3cc(CCCCCC)sc23)=N\c2[nH]c(c3cc(CCCCCC)sc23)/N=c2\[nH]/c(c3cc(CCCCCC)sc23)=N\1. The Balaban J connectivity index is 1.25. The Hall–Kier alpha value is -3.71. The Bertz CT molecular complexity index is 2870. The third-order valence-electron chi connectivity index (χ3n) is 12.0.